The molecule has 2 bridgehead atoms. The Morgan fingerprint density at radius 1 is 1.23 bits per heavy atom. The Hall–Kier alpha value is -1.67. The summed E-state index contributed by atoms with van der Waals surface area (Å²) in [6.45, 7) is 5.93. The molecule has 8 heteroatoms. The summed E-state index contributed by atoms with van der Waals surface area (Å²) in [5, 5.41) is 16.0. The molecule has 1 saturated carbocycles. The van der Waals surface area contributed by atoms with Crippen molar-refractivity contribution in [3.63, 3.8) is 0 Å². The van der Waals surface area contributed by atoms with E-state index >= 15 is 0 Å². The van der Waals surface area contributed by atoms with E-state index in [1.54, 1.807) is 6.92 Å². The normalized spacial score (nSPS) is 38.3. The lowest BCUT2D eigenvalue weighted by atomic mass is 9.66. The second-order valence-corrected chi connectivity index (χ2v) is 10.1. The smallest absolute Gasteiger partial charge is 0.246 e. The third kappa shape index (κ3) is 3.46. The van der Waals surface area contributed by atoms with E-state index < -0.39 is 35.1 Å². The average molecular weight is 436 g/mol. The van der Waals surface area contributed by atoms with Crippen LogP contribution >= 0.6 is 0 Å². The van der Waals surface area contributed by atoms with Crippen molar-refractivity contribution in [1.82, 2.24) is 15.5 Å². The van der Waals surface area contributed by atoms with Gasteiger partial charge in [-0.1, -0.05) is 26.2 Å². The number of fused-ring (bicyclic) bond motifs is 1. The van der Waals surface area contributed by atoms with Crippen molar-refractivity contribution in [2.75, 3.05) is 13.2 Å². The van der Waals surface area contributed by atoms with Gasteiger partial charge < -0.3 is 25.4 Å². The van der Waals surface area contributed by atoms with E-state index in [4.69, 9.17) is 4.74 Å². The summed E-state index contributed by atoms with van der Waals surface area (Å²) >= 11 is 0. The van der Waals surface area contributed by atoms with Gasteiger partial charge in [-0.05, 0) is 46.0 Å². The van der Waals surface area contributed by atoms with Gasteiger partial charge in [-0.25, -0.2) is 0 Å². The molecule has 4 rings (SSSR count). The number of carbonyl (C=O) groups excluding carboxylic acids is 3. The molecule has 2 unspecified atom stereocenters. The number of likely N-dealkylation sites (tertiary alicyclic amines) is 1. The van der Waals surface area contributed by atoms with Crippen LogP contribution in [-0.4, -0.2) is 70.2 Å². The highest BCUT2D eigenvalue weighted by Crippen LogP contribution is 2.63. The van der Waals surface area contributed by atoms with Crippen LogP contribution < -0.4 is 10.6 Å². The second kappa shape index (κ2) is 8.35. The highest BCUT2D eigenvalue weighted by molar-refractivity contribution is 5.99. The summed E-state index contributed by atoms with van der Waals surface area (Å²) in [5.74, 6) is -1.94. The fourth-order valence-electron chi connectivity index (χ4n) is 6.51. The van der Waals surface area contributed by atoms with Crippen LogP contribution in [-0.2, 0) is 19.1 Å². The Morgan fingerprint density at radius 2 is 1.94 bits per heavy atom. The van der Waals surface area contributed by atoms with Crippen LogP contribution in [0.4, 0.5) is 0 Å². The first-order valence-electron chi connectivity index (χ1n) is 12.0. The summed E-state index contributed by atoms with van der Waals surface area (Å²) < 4.78 is 6.54. The minimum atomic E-state index is -1.01. The maximum absolute atomic E-state index is 13.7. The summed E-state index contributed by atoms with van der Waals surface area (Å²) in [6, 6.07) is -1.24. The maximum Gasteiger partial charge on any atom is 0.246 e. The molecule has 0 aromatic carbocycles. The minimum absolute atomic E-state index is 0.107. The molecular weight excluding hydrogens is 398 g/mol. The Labute approximate surface area is 184 Å². The van der Waals surface area contributed by atoms with E-state index in [0.29, 0.717) is 19.4 Å². The van der Waals surface area contributed by atoms with E-state index in [2.05, 4.69) is 10.6 Å². The first-order valence-corrected chi connectivity index (χ1v) is 12.0. The lowest BCUT2D eigenvalue weighted by Gasteiger charge is -2.37. The highest BCUT2D eigenvalue weighted by Gasteiger charge is 2.78. The number of hydrogen-bond acceptors (Lipinski definition) is 5. The van der Waals surface area contributed by atoms with Crippen molar-refractivity contribution >= 4 is 17.7 Å². The molecule has 3 saturated heterocycles. The van der Waals surface area contributed by atoms with Crippen molar-refractivity contribution in [2.45, 2.75) is 101 Å². The van der Waals surface area contributed by atoms with E-state index in [9.17, 15) is 19.5 Å². The molecule has 3 aliphatic heterocycles. The fraction of sp³-hybridized carbons (Fsp3) is 0.870. The number of rotatable bonds is 7. The molecule has 3 heterocycles. The van der Waals surface area contributed by atoms with Crippen molar-refractivity contribution < 1.29 is 24.2 Å². The van der Waals surface area contributed by atoms with Gasteiger partial charge in [-0.3, -0.25) is 14.4 Å². The first kappa shape index (κ1) is 22.5. The van der Waals surface area contributed by atoms with Gasteiger partial charge in [0.1, 0.15) is 11.6 Å². The number of aliphatic hydroxyl groups excluding tert-OH is 1. The Kier molecular flexibility index (Phi) is 6.07. The predicted octanol–water partition coefficient (Wildman–Crippen LogP) is 1.11. The van der Waals surface area contributed by atoms with Crippen LogP contribution in [0.25, 0.3) is 0 Å². The van der Waals surface area contributed by atoms with E-state index in [0.717, 1.165) is 32.1 Å². The third-order valence-electron chi connectivity index (χ3n) is 7.99. The topological polar surface area (TPSA) is 108 Å². The Bertz CT molecular complexity index is 739. The second-order valence-electron chi connectivity index (χ2n) is 10.1. The number of carbonyl (C=O) groups is 3. The molecule has 8 nitrogen and oxygen atoms in total. The SMILES string of the molecule is CCCNC(=O)[C@H]1[C@H]2C(=O)N([C@H](C)CO)C(C(=O)NC3CCCCC3)C23CC[C@]1(C)O3. The van der Waals surface area contributed by atoms with Crippen molar-refractivity contribution in [3.05, 3.63) is 0 Å². The Morgan fingerprint density at radius 3 is 2.58 bits per heavy atom. The van der Waals surface area contributed by atoms with E-state index in [1.165, 1.54) is 11.3 Å². The molecule has 1 spiro atoms. The van der Waals surface area contributed by atoms with Crippen LogP contribution in [0.1, 0.15) is 72.1 Å². The average Bonchev–Trinajstić information content (AvgIpc) is 3.33. The van der Waals surface area contributed by atoms with Crippen LogP contribution in [0.5, 0.6) is 0 Å². The zero-order valence-corrected chi connectivity index (χ0v) is 19.0. The zero-order valence-electron chi connectivity index (χ0n) is 19.0. The van der Waals surface area contributed by atoms with Gasteiger partial charge in [0, 0.05) is 12.6 Å². The van der Waals surface area contributed by atoms with Gasteiger partial charge in [0.15, 0.2) is 0 Å². The van der Waals surface area contributed by atoms with Gasteiger partial charge in [0.05, 0.1) is 30.1 Å². The van der Waals surface area contributed by atoms with Crippen molar-refractivity contribution in [2.24, 2.45) is 11.8 Å². The van der Waals surface area contributed by atoms with Crippen molar-refractivity contribution in [3.8, 4) is 0 Å². The van der Waals surface area contributed by atoms with Crippen LogP contribution in [0.3, 0.4) is 0 Å². The van der Waals surface area contributed by atoms with Gasteiger partial charge in [-0.2, -0.15) is 0 Å². The van der Waals surface area contributed by atoms with Crippen LogP contribution in [0.15, 0.2) is 0 Å². The molecule has 3 N–H and O–H groups in total. The monoisotopic (exact) mass is 435 g/mol. The van der Waals surface area contributed by atoms with Gasteiger partial charge in [0.2, 0.25) is 17.7 Å². The number of amides is 3. The largest absolute Gasteiger partial charge is 0.394 e. The first-order chi connectivity index (χ1) is 14.8. The number of nitrogens with zero attached hydrogens (tertiary/aromatic N) is 1. The summed E-state index contributed by atoms with van der Waals surface area (Å²) in [6.07, 6.45) is 7.26. The molecule has 174 valence electrons. The van der Waals surface area contributed by atoms with Crippen molar-refractivity contribution in [1.29, 1.82) is 0 Å². The molecule has 4 fully saturated rings. The van der Waals surface area contributed by atoms with Gasteiger partial charge in [-0.15, -0.1) is 0 Å². The molecule has 0 aromatic heterocycles. The molecular formula is C23H37N3O5. The lowest BCUT2D eigenvalue weighted by molar-refractivity contribution is -0.149. The summed E-state index contributed by atoms with van der Waals surface area (Å²) in [7, 11) is 0. The van der Waals surface area contributed by atoms with Gasteiger partial charge >= 0.3 is 0 Å². The van der Waals surface area contributed by atoms with E-state index in [1.807, 2.05) is 13.8 Å². The minimum Gasteiger partial charge on any atom is -0.394 e. The highest BCUT2D eigenvalue weighted by atomic mass is 16.5. The number of aliphatic hydroxyl groups is 1. The summed E-state index contributed by atoms with van der Waals surface area (Å²) in [4.78, 5) is 41.9. The molecule has 1 aliphatic carbocycles. The number of ether oxygens (including phenoxy) is 1. The van der Waals surface area contributed by atoms with E-state index in [-0.39, 0.29) is 30.4 Å². The van der Waals surface area contributed by atoms with Gasteiger partial charge in [0.25, 0.3) is 0 Å². The maximum atomic E-state index is 13.7. The third-order valence-corrected chi connectivity index (χ3v) is 7.99. The van der Waals surface area contributed by atoms with Crippen LogP contribution in [0.2, 0.25) is 0 Å². The fourth-order valence-corrected chi connectivity index (χ4v) is 6.51. The molecule has 0 radical (unpaired) electrons. The zero-order chi connectivity index (χ0) is 22.4. The lowest BCUT2D eigenvalue weighted by Crippen LogP contribution is -2.59. The molecule has 6 atom stereocenters. The molecule has 0 aromatic rings. The predicted molar refractivity (Wildman–Crippen MR) is 114 cm³/mol. The Balaban J connectivity index is 1.68. The standard InChI is InChI=1S/C23H37N3O5/c1-4-12-24-19(28)16-17-21(30)26(14(2)13-27)18(23(17)11-10-22(16,3)31-23)20(29)25-15-8-6-5-7-9-15/h14-18,27H,4-13H2,1-3H3,(H,24,28)(H,25,29)/t14-,16-,17+,18?,22+,23?/m1/s1. The van der Waals surface area contributed by atoms with Crippen LogP contribution in [0, 0.1) is 11.8 Å². The molecule has 31 heavy (non-hydrogen) atoms. The molecule has 4 aliphatic rings. The summed E-state index contributed by atoms with van der Waals surface area (Å²) in [5.41, 5.74) is -1.77. The molecule has 3 amide bonds. The number of nitrogens with one attached hydrogen (secondary N) is 2. The number of hydrogen-bond donors (Lipinski definition) is 3. The quantitative estimate of drug-likeness (QED) is 0.555.